The molecule has 0 radical (unpaired) electrons. The minimum absolute atomic E-state index is 0.117. The molecule has 0 fully saturated rings. The first kappa shape index (κ1) is 22.5. The van der Waals surface area contributed by atoms with E-state index in [0.717, 1.165) is 24.0 Å². The van der Waals surface area contributed by atoms with Gasteiger partial charge in [0.05, 0.1) is 12.5 Å². The Labute approximate surface area is 173 Å². The normalized spacial score (nSPS) is 20.6. The van der Waals surface area contributed by atoms with Crippen LogP contribution in [0.25, 0.3) is 0 Å². The molecule has 0 bridgehead atoms. The molecule has 1 aromatic carbocycles. The number of fused-ring (bicyclic) bond motifs is 1. The Kier molecular flexibility index (Phi) is 8.58. The van der Waals surface area contributed by atoms with E-state index in [4.69, 9.17) is 16.3 Å². The lowest BCUT2D eigenvalue weighted by atomic mass is 9.83. The lowest BCUT2D eigenvalue weighted by molar-refractivity contribution is -0.131. The average molecular weight is 406 g/mol. The first-order chi connectivity index (χ1) is 13.4. The second-order valence-corrected chi connectivity index (χ2v) is 8.20. The second-order valence-electron chi connectivity index (χ2n) is 7.76. The summed E-state index contributed by atoms with van der Waals surface area (Å²) in [5, 5.41) is 9.98. The van der Waals surface area contributed by atoms with Crippen molar-refractivity contribution in [2.45, 2.75) is 45.4 Å². The summed E-state index contributed by atoms with van der Waals surface area (Å²) < 4.78 is 5.35. The standard InChI is InChI=1S/C23H32ClNO3/c1-5-28-19(15-26)9-7-6-8-17-14-25(4)23(27)22(12-16(2)3)20-11-10-18(24)13-21(17)20/h6-7,9-11,13,16-17,22,26H,5,8,12,14-15H2,1-4H3/b7-6-,19-9+. The molecule has 2 rings (SSSR count). The third-order valence-electron chi connectivity index (χ3n) is 5.06. The van der Waals surface area contributed by atoms with Crippen LogP contribution >= 0.6 is 11.6 Å². The van der Waals surface area contributed by atoms with Crippen molar-refractivity contribution in [3.63, 3.8) is 0 Å². The Morgan fingerprint density at radius 2 is 2.14 bits per heavy atom. The van der Waals surface area contributed by atoms with E-state index in [1.165, 1.54) is 0 Å². The van der Waals surface area contributed by atoms with Gasteiger partial charge in [-0.1, -0.05) is 43.7 Å². The number of halogens is 1. The zero-order chi connectivity index (χ0) is 20.7. The van der Waals surface area contributed by atoms with E-state index in [2.05, 4.69) is 19.9 Å². The summed E-state index contributed by atoms with van der Waals surface area (Å²) >= 11 is 6.31. The lowest BCUT2D eigenvalue weighted by Gasteiger charge is -2.22. The highest BCUT2D eigenvalue weighted by Crippen LogP contribution is 2.38. The number of hydrogen-bond acceptors (Lipinski definition) is 3. The summed E-state index contributed by atoms with van der Waals surface area (Å²) in [6.07, 6.45) is 7.36. The van der Waals surface area contributed by atoms with E-state index >= 15 is 0 Å². The maximum atomic E-state index is 13.0. The predicted octanol–water partition coefficient (Wildman–Crippen LogP) is 4.88. The fraction of sp³-hybridized carbons (Fsp3) is 0.522. The number of amides is 1. The molecule has 1 N–H and O–H groups in total. The molecule has 2 unspecified atom stereocenters. The molecular formula is C23H32ClNO3. The van der Waals surface area contributed by atoms with Crippen LogP contribution in [0.3, 0.4) is 0 Å². The highest BCUT2D eigenvalue weighted by atomic mass is 35.5. The van der Waals surface area contributed by atoms with Crippen molar-refractivity contribution in [1.29, 1.82) is 0 Å². The number of rotatable bonds is 8. The highest BCUT2D eigenvalue weighted by Gasteiger charge is 2.33. The minimum Gasteiger partial charge on any atom is -0.496 e. The zero-order valence-electron chi connectivity index (χ0n) is 17.3. The summed E-state index contributed by atoms with van der Waals surface area (Å²) in [5.41, 5.74) is 2.27. The number of carbonyl (C=O) groups is 1. The number of nitrogens with zero attached hydrogens (tertiary/aromatic N) is 1. The fourth-order valence-electron chi connectivity index (χ4n) is 3.79. The van der Waals surface area contributed by atoms with Crippen LogP contribution in [-0.2, 0) is 9.53 Å². The van der Waals surface area contributed by atoms with Crippen LogP contribution in [0.2, 0.25) is 5.02 Å². The Morgan fingerprint density at radius 3 is 2.79 bits per heavy atom. The van der Waals surface area contributed by atoms with Crippen LogP contribution in [0.4, 0.5) is 0 Å². The van der Waals surface area contributed by atoms with Gasteiger partial charge in [0, 0.05) is 24.5 Å². The van der Waals surface area contributed by atoms with Gasteiger partial charge in [0.15, 0.2) is 0 Å². The maximum absolute atomic E-state index is 13.0. The molecule has 2 atom stereocenters. The number of aliphatic hydroxyl groups excluding tert-OH is 1. The largest absolute Gasteiger partial charge is 0.496 e. The van der Waals surface area contributed by atoms with Crippen molar-refractivity contribution >= 4 is 17.5 Å². The number of ether oxygens (including phenoxy) is 1. The van der Waals surface area contributed by atoms with Crippen LogP contribution < -0.4 is 0 Å². The third-order valence-corrected chi connectivity index (χ3v) is 5.30. The van der Waals surface area contributed by atoms with Gasteiger partial charge in [0.25, 0.3) is 0 Å². The molecule has 1 aliphatic rings. The smallest absolute Gasteiger partial charge is 0.229 e. The van der Waals surface area contributed by atoms with Gasteiger partial charge in [-0.05, 0) is 55.0 Å². The Bertz CT molecular complexity index is 727. The molecule has 4 nitrogen and oxygen atoms in total. The Morgan fingerprint density at radius 1 is 1.39 bits per heavy atom. The zero-order valence-corrected chi connectivity index (χ0v) is 18.1. The molecule has 5 heteroatoms. The Balaban J connectivity index is 2.31. The van der Waals surface area contributed by atoms with Crippen LogP contribution in [0.1, 0.15) is 56.6 Å². The molecular weight excluding hydrogens is 374 g/mol. The van der Waals surface area contributed by atoms with E-state index in [-0.39, 0.29) is 24.3 Å². The topological polar surface area (TPSA) is 49.8 Å². The molecule has 0 aromatic heterocycles. The average Bonchev–Trinajstić information content (AvgIpc) is 2.74. The number of carbonyl (C=O) groups excluding carboxylic acids is 1. The van der Waals surface area contributed by atoms with Gasteiger partial charge in [0.2, 0.25) is 5.91 Å². The monoisotopic (exact) mass is 405 g/mol. The summed E-state index contributed by atoms with van der Waals surface area (Å²) in [6, 6.07) is 5.93. The molecule has 0 spiro atoms. The van der Waals surface area contributed by atoms with E-state index < -0.39 is 0 Å². The molecule has 1 heterocycles. The number of aliphatic hydroxyl groups is 1. The van der Waals surface area contributed by atoms with Crippen molar-refractivity contribution in [1.82, 2.24) is 4.90 Å². The van der Waals surface area contributed by atoms with Crippen molar-refractivity contribution < 1.29 is 14.6 Å². The van der Waals surface area contributed by atoms with E-state index in [1.54, 1.807) is 6.08 Å². The van der Waals surface area contributed by atoms with Crippen LogP contribution in [0.15, 0.2) is 42.2 Å². The van der Waals surface area contributed by atoms with Gasteiger partial charge in [-0.25, -0.2) is 0 Å². The Hall–Kier alpha value is -1.78. The van der Waals surface area contributed by atoms with Crippen molar-refractivity contribution in [3.8, 4) is 0 Å². The molecule has 1 aromatic rings. The molecule has 1 aliphatic heterocycles. The van der Waals surface area contributed by atoms with Crippen LogP contribution in [0.5, 0.6) is 0 Å². The third kappa shape index (κ3) is 5.86. The maximum Gasteiger partial charge on any atom is 0.229 e. The molecule has 154 valence electrons. The summed E-state index contributed by atoms with van der Waals surface area (Å²) in [4.78, 5) is 14.9. The van der Waals surface area contributed by atoms with Gasteiger partial charge in [-0.15, -0.1) is 0 Å². The summed E-state index contributed by atoms with van der Waals surface area (Å²) in [6.45, 7) is 7.26. The number of allylic oxidation sites excluding steroid dienone is 3. The SMILES string of the molecule is CCO/C(=C/C=C\CC1CN(C)C(=O)C(CC(C)C)c2ccc(Cl)cc21)CO. The first-order valence-corrected chi connectivity index (χ1v) is 10.4. The van der Waals surface area contributed by atoms with E-state index in [0.29, 0.717) is 29.9 Å². The molecule has 0 saturated carbocycles. The van der Waals surface area contributed by atoms with Gasteiger partial charge in [-0.2, -0.15) is 0 Å². The van der Waals surface area contributed by atoms with E-state index in [9.17, 15) is 9.90 Å². The second kappa shape index (κ2) is 10.7. The fourth-order valence-corrected chi connectivity index (χ4v) is 3.97. The minimum atomic E-state index is -0.120. The van der Waals surface area contributed by atoms with Gasteiger partial charge in [-0.3, -0.25) is 4.79 Å². The number of hydrogen-bond donors (Lipinski definition) is 1. The number of likely N-dealkylation sites (N-methyl/N-ethyl adjacent to an activating group) is 1. The summed E-state index contributed by atoms with van der Waals surface area (Å²) in [5.74, 6) is 1.22. The van der Waals surface area contributed by atoms with Crippen molar-refractivity contribution in [2.24, 2.45) is 5.92 Å². The van der Waals surface area contributed by atoms with Crippen LogP contribution in [-0.4, -0.2) is 42.7 Å². The predicted molar refractivity (Wildman–Crippen MR) is 115 cm³/mol. The molecule has 0 aliphatic carbocycles. The summed E-state index contributed by atoms with van der Waals surface area (Å²) in [7, 11) is 1.89. The van der Waals surface area contributed by atoms with E-state index in [1.807, 2.05) is 43.1 Å². The highest BCUT2D eigenvalue weighted by molar-refractivity contribution is 6.30. The lowest BCUT2D eigenvalue weighted by Crippen LogP contribution is -2.32. The quantitative estimate of drug-likeness (QED) is 0.495. The first-order valence-electron chi connectivity index (χ1n) is 10.0. The van der Waals surface area contributed by atoms with Crippen LogP contribution in [0, 0.1) is 5.92 Å². The molecule has 1 amide bonds. The molecule has 0 saturated heterocycles. The van der Waals surface area contributed by atoms with Crippen molar-refractivity contribution in [3.05, 3.63) is 58.3 Å². The number of benzene rings is 1. The van der Waals surface area contributed by atoms with Gasteiger partial charge >= 0.3 is 0 Å². The van der Waals surface area contributed by atoms with Crippen molar-refractivity contribution in [2.75, 3.05) is 26.8 Å². The van der Waals surface area contributed by atoms with Gasteiger partial charge in [0.1, 0.15) is 12.4 Å². The molecule has 28 heavy (non-hydrogen) atoms. The van der Waals surface area contributed by atoms with Gasteiger partial charge < -0.3 is 14.7 Å².